The van der Waals surface area contributed by atoms with Crippen molar-refractivity contribution >= 4 is 11.6 Å². The van der Waals surface area contributed by atoms with Crippen LogP contribution in [-0.2, 0) is 4.79 Å². The number of carbonyl (C=O) groups is 1. The van der Waals surface area contributed by atoms with Crippen molar-refractivity contribution in [1.82, 2.24) is 4.90 Å². The number of carbonyl (C=O) groups excluding carboxylic acids is 1. The van der Waals surface area contributed by atoms with E-state index in [2.05, 4.69) is 5.32 Å². The molecule has 4 nitrogen and oxygen atoms in total. The number of alkyl halides is 2. The largest absolute Gasteiger partial charge is 0.395 e. The number of fused-ring (bicyclic) bond motifs is 1. The molecule has 0 spiro atoms. The molecule has 1 aliphatic heterocycles. The molecule has 0 radical (unpaired) electrons. The van der Waals surface area contributed by atoms with Crippen molar-refractivity contribution in [3.05, 3.63) is 29.8 Å². The van der Waals surface area contributed by atoms with E-state index in [4.69, 9.17) is 5.11 Å². The summed E-state index contributed by atoms with van der Waals surface area (Å²) < 4.78 is 25.2. The first-order valence-electron chi connectivity index (χ1n) is 7.06. The van der Waals surface area contributed by atoms with Gasteiger partial charge < -0.3 is 15.3 Å². The Morgan fingerprint density at radius 2 is 2.19 bits per heavy atom. The second-order valence-electron chi connectivity index (χ2n) is 5.32. The smallest absolute Gasteiger partial charge is 0.255 e. The predicted molar refractivity (Wildman–Crippen MR) is 76.6 cm³/mol. The quantitative estimate of drug-likeness (QED) is 0.875. The van der Waals surface area contributed by atoms with E-state index in [-0.39, 0.29) is 25.1 Å². The lowest BCUT2D eigenvalue weighted by atomic mass is 9.86. The Bertz CT molecular complexity index is 496. The third kappa shape index (κ3) is 3.69. The van der Waals surface area contributed by atoms with Gasteiger partial charge in [0.15, 0.2) is 0 Å². The second kappa shape index (κ2) is 6.85. The van der Waals surface area contributed by atoms with Crippen LogP contribution in [0.25, 0.3) is 0 Å². The first-order chi connectivity index (χ1) is 10.0. The number of aliphatic hydroxyl groups excluding tert-OH is 1. The van der Waals surface area contributed by atoms with Crippen molar-refractivity contribution in [3.63, 3.8) is 0 Å². The Kier molecular flexibility index (Phi) is 5.12. The van der Waals surface area contributed by atoms with Crippen LogP contribution in [0, 0.1) is 0 Å². The maximum Gasteiger partial charge on any atom is 0.255 e. The summed E-state index contributed by atoms with van der Waals surface area (Å²) in [6.45, 7) is 0.934. The van der Waals surface area contributed by atoms with E-state index < -0.39 is 18.9 Å². The van der Waals surface area contributed by atoms with Gasteiger partial charge in [-0.3, -0.25) is 4.79 Å². The van der Waals surface area contributed by atoms with Gasteiger partial charge in [0.2, 0.25) is 5.91 Å². The van der Waals surface area contributed by atoms with E-state index in [0.717, 1.165) is 16.2 Å². The summed E-state index contributed by atoms with van der Waals surface area (Å²) >= 11 is 0. The predicted octanol–water partition coefficient (Wildman–Crippen LogP) is 2.06. The molecule has 0 bridgehead atoms. The highest BCUT2D eigenvalue weighted by molar-refractivity contribution is 5.86. The Morgan fingerprint density at radius 3 is 2.86 bits per heavy atom. The van der Waals surface area contributed by atoms with Gasteiger partial charge in [0.25, 0.3) is 6.43 Å². The number of benzene rings is 1. The number of hydrogen-bond donors (Lipinski definition) is 2. The number of hydrogen-bond acceptors (Lipinski definition) is 3. The minimum absolute atomic E-state index is 0.0658. The molecule has 0 aromatic heterocycles. The lowest BCUT2D eigenvalue weighted by molar-refractivity contribution is -0.135. The molecule has 0 aliphatic carbocycles. The molecule has 21 heavy (non-hydrogen) atoms. The zero-order valence-electron chi connectivity index (χ0n) is 11.9. The van der Waals surface area contributed by atoms with Gasteiger partial charge in [-0.1, -0.05) is 18.2 Å². The lowest BCUT2D eigenvalue weighted by Gasteiger charge is -2.34. The number of rotatable bonds is 5. The van der Waals surface area contributed by atoms with Crippen LogP contribution in [0.1, 0.15) is 24.8 Å². The van der Waals surface area contributed by atoms with Gasteiger partial charge in [-0.15, -0.1) is 0 Å². The van der Waals surface area contributed by atoms with Crippen LogP contribution in [0.5, 0.6) is 0 Å². The molecule has 2 atom stereocenters. The summed E-state index contributed by atoms with van der Waals surface area (Å²) in [5.41, 5.74) is 1.70. The van der Waals surface area contributed by atoms with E-state index in [1.165, 1.54) is 0 Å². The molecule has 6 heteroatoms. The van der Waals surface area contributed by atoms with Gasteiger partial charge in [0.05, 0.1) is 19.1 Å². The average molecular weight is 298 g/mol. The standard InChI is InChI=1S/C15H20F2N2O2/c1-10-8-12(11-4-2-3-5-13(11)18-10)15(21)19(6-7-20)9-14(16)17/h2-5,10,12,14,18,20H,6-9H2,1H3. The third-order valence-corrected chi connectivity index (χ3v) is 3.67. The van der Waals surface area contributed by atoms with Crippen LogP contribution in [-0.4, -0.2) is 48.1 Å². The SMILES string of the molecule is CC1CC(C(=O)N(CCO)CC(F)F)c2ccccc2N1. The number of nitrogens with zero attached hydrogens (tertiary/aromatic N) is 1. The minimum atomic E-state index is -2.60. The molecule has 1 aliphatic rings. The number of halogens is 2. The molecule has 2 N–H and O–H groups in total. The molecule has 0 saturated carbocycles. The van der Waals surface area contributed by atoms with Gasteiger partial charge in [-0.2, -0.15) is 0 Å². The van der Waals surface area contributed by atoms with Crippen molar-refractivity contribution in [2.75, 3.05) is 25.0 Å². The van der Waals surface area contributed by atoms with E-state index in [1.54, 1.807) is 0 Å². The van der Waals surface area contributed by atoms with Gasteiger partial charge in [-0.25, -0.2) is 8.78 Å². The van der Waals surface area contributed by atoms with E-state index in [1.807, 2.05) is 31.2 Å². The summed E-state index contributed by atoms with van der Waals surface area (Å²) in [6.07, 6.45) is -2.05. The highest BCUT2D eigenvalue weighted by atomic mass is 19.3. The topological polar surface area (TPSA) is 52.6 Å². The normalized spacial score (nSPS) is 20.8. The fraction of sp³-hybridized carbons (Fsp3) is 0.533. The van der Waals surface area contributed by atoms with Crippen LogP contribution in [0.4, 0.5) is 14.5 Å². The van der Waals surface area contributed by atoms with Crippen LogP contribution in [0.15, 0.2) is 24.3 Å². The fourth-order valence-electron chi connectivity index (χ4n) is 2.77. The first kappa shape index (κ1) is 15.7. The molecular weight excluding hydrogens is 278 g/mol. The van der Waals surface area contributed by atoms with Crippen LogP contribution in [0.2, 0.25) is 0 Å². The number of amides is 1. The molecule has 1 heterocycles. The molecule has 1 aromatic carbocycles. The summed E-state index contributed by atoms with van der Waals surface area (Å²) in [4.78, 5) is 13.6. The Hall–Kier alpha value is -1.69. The number of para-hydroxylation sites is 1. The van der Waals surface area contributed by atoms with Crippen molar-refractivity contribution in [3.8, 4) is 0 Å². The molecule has 0 saturated heterocycles. The molecule has 1 aromatic rings. The third-order valence-electron chi connectivity index (χ3n) is 3.67. The van der Waals surface area contributed by atoms with Crippen LogP contribution in [0.3, 0.4) is 0 Å². The number of nitrogens with one attached hydrogen (secondary N) is 1. The van der Waals surface area contributed by atoms with Gasteiger partial charge in [0.1, 0.15) is 0 Å². The highest BCUT2D eigenvalue weighted by Crippen LogP contribution is 2.35. The lowest BCUT2D eigenvalue weighted by Crippen LogP contribution is -2.42. The van der Waals surface area contributed by atoms with Crippen molar-refractivity contribution in [1.29, 1.82) is 0 Å². The zero-order valence-corrected chi connectivity index (χ0v) is 11.9. The Labute approximate surface area is 122 Å². The molecule has 1 amide bonds. The molecule has 116 valence electrons. The van der Waals surface area contributed by atoms with E-state index >= 15 is 0 Å². The maximum atomic E-state index is 12.6. The van der Waals surface area contributed by atoms with Crippen molar-refractivity contribution in [2.24, 2.45) is 0 Å². The van der Waals surface area contributed by atoms with E-state index in [0.29, 0.717) is 6.42 Å². The Balaban J connectivity index is 2.24. The second-order valence-corrected chi connectivity index (χ2v) is 5.32. The molecule has 2 unspecified atom stereocenters. The fourth-order valence-corrected chi connectivity index (χ4v) is 2.77. The first-order valence-corrected chi connectivity index (χ1v) is 7.06. The van der Waals surface area contributed by atoms with Crippen molar-refractivity contribution in [2.45, 2.75) is 31.7 Å². The number of anilines is 1. The zero-order chi connectivity index (χ0) is 15.4. The monoisotopic (exact) mass is 298 g/mol. The summed E-state index contributed by atoms with van der Waals surface area (Å²) in [6, 6.07) is 7.53. The van der Waals surface area contributed by atoms with Crippen LogP contribution >= 0.6 is 0 Å². The van der Waals surface area contributed by atoms with Gasteiger partial charge in [0, 0.05) is 18.3 Å². The van der Waals surface area contributed by atoms with Crippen LogP contribution < -0.4 is 5.32 Å². The summed E-state index contributed by atoms with van der Waals surface area (Å²) in [7, 11) is 0. The van der Waals surface area contributed by atoms with Crippen molar-refractivity contribution < 1.29 is 18.7 Å². The minimum Gasteiger partial charge on any atom is -0.395 e. The number of aliphatic hydroxyl groups is 1. The molecular formula is C15H20F2N2O2. The Morgan fingerprint density at radius 1 is 1.48 bits per heavy atom. The molecule has 0 fully saturated rings. The highest BCUT2D eigenvalue weighted by Gasteiger charge is 2.33. The van der Waals surface area contributed by atoms with E-state index in [9.17, 15) is 13.6 Å². The molecule has 2 rings (SSSR count). The average Bonchev–Trinajstić information content (AvgIpc) is 2.44. The summed E-state index contributed by atoms with van der Waals surface area (Å²) in [5, 5.41) is 12.3. The van der Waals surface area contributed by atoms with Gasteiger partial charge in [-0.05, 0) is 25.0 Å². The van der Waals surface area contributed by atoms with Gasteiger partial charge >= 0.3 is 0 Å². The maximum absolute atomic E-state index is 12.6. The summed E-state index contributed by atoms with van der Waals surface area (Å²) in [5.74, 6) is -0.784.